The van der Waals surface area contributed by atoms with Crippen LogP contribution in [0.2, 0.25) is 0 Å². The Bertz CT molecular complexity index is 1300. The van der Waals surface area contributed by atoms with Crippen molar-refractivity contribution >= 4 is 46.0 Å². The number of anilines is 2. The van der Waals surface area contributed by atoms with Gasteiger partial charge in [0.2, 0.25) is 17.7 Å². The van der Waals surface area contributed by atoms with E-state index in [1.165, 1.54) is 17.8 Å². The molecule has 1 aliphatic heterocycles. The molecule has 10 heteroatoms. The Hall–Kier alpha value is -3.24. The number of nitrogens with one attached hydrogen (secondary N) is 3. The van der Waals surface area contributed by atoms with Crippen LogP contribution in [0, 0.1) is 17.7 Å². The van der Waals surface area contributed by atoms with Gasteiger partial charge >= 0.3 is 0 Å². The molecule has 36 heavy (non-hydrogen) atoms. The van der Waals surface area contributed by atoms with Crippen molar-refractivity contribution < 1.29 is 18.7 Å². The number of methoxy groups -OCH3 is 1. The summed E-state index contributed by atoms with van der Waals surface area (Å²) in [5.74, 6) is 0.615. The van der Waals surface area contributed by atoms with Gasteiger partial charge in [0, 0.05) is 35.2 Å². The molecule has 1 aromatic carbocycles. The number of thioether (sulfide) groups is 1. The Kier molecular flexibility index (Phi) is 7.33. The first-order valence-electron chi connectivity index (χ1n) is 12.1. The van der Waals surface area contributed by atoms with E-state index >= 15 is 0 Å². The molecule has 2 aliphatic rings. The van der Waals surface area contributed by atoms with Crippen LogP contribution in [-0.4, -0.2) is 41.2 Å². The van der Waals surface area contributed by atoms with E-state index in [0.717, 1.165) is 30.6 Å². The summed E-state index contributed by atoms with van der Waals surface area (Å²) in [6, 6.07) is 8.51. The van der Waals surface area contributed by atoms with Gasteiger partial charge in [-0.3, -0.25) is 14.6 Å². The highest BCUT2D eigenvalue weighted by atomic mass is 32.2. The Morgan fingerprint density at radius 2 is 2.17 bits per heavy atom. The lowest BCUT2D eigenvalue weighted by Crippen LogP contribution is -2.32. The molecule has 0 radical (unpaired) electrons. The van der Waals surface area contributed by atoms with Gasteiger partial charge in [-0.05, 0) is 56.0 Å². The summed E-state index contributed by atoms with van der Waals surface area (Å²) in [7, 11) is 1.55. The highest BCUT2D eigenvalue weighted by Gasteiger charge is 2.28. The normalized spacial score (nSPS) is 19.4. The Morgan fingerprint density at radius 1 is 1.28 bits per heavy atom. The number of carbonyl (C=O) groups excluding carboxylic acids is 2. The van der Waals surface area contributed by atoms with Gasteiger partial charge in [0.1, 0.15) is 11.3 Å². The molecule has 0 bridgehead atoms. The number of aromatic nitrogens is 2. The molecular weight excluding hydrogens is 481 g/mol. The molecule has 188 valence electrons. The van der Waals surface area contributed by atoms with Crippen LogP contribution in [0.15, 0.2) is 41.4 Å². The van der Waals surface area contributed by atoms with Crippen molar-refractivity contribution in [3.05, 3.63) is 47.9 Å². The number of pyridine rings is 2. The quantitative estimate of drug-likeness (QED) is 0.435. The Balaban J connectivity index is 1.18. The minimum absolute atomic E-state index is 0.0224. The minimum Gasteiger partial charge on any atom is -0.481 e. The number of hydrogen-bond donors (Lipinski definition) is 3. The third kappa shape index (κ3) is 5.44. The van der Waals surface area contributed by atoms with Gasteiger partial charge < -0.3 is 20.7 Å². The van der Waals surface area contributed by atoms with E-state index in [2.05, 4.69) is 25.9 Å². The lowest BCUT2D eigenvalue weighted by molar-refractivity contribution is -0.121. The molecule has 3 heterocycles. The van der Waals surface area contributed by atoms with E-state index in [-0.39, 0.29) is 23.5 Å². The molecule has 2 unspecified atom stereocenters. The van der Waals surface area contributed by atoms with Gasteiger partial charge in [0.15, 0.2) is 0 Å². The summed E-state index contributed by atoms with van der Waals surface area (Å²) in [6.07, 6.45) is 5.23. The summed E-state index contributed by atoms with van der Waals surface area (Å²) in [4.78, 5) is 34.3. The second-order valence-electron chi connectivity index (χ2n) is 9.21. The van der Waals surface area contributed by atoms with Crippen molar-refractivity contribution in [1.29, 1.82) is 0 Å². The largest absolute Gasteiger partial charge is 0.481 e. The number of carbonyl (C=O) groups is 2. The van der Waals surface area contributed by atoms with E-state index in [1.807, 2.05) is 6.07 Å². The molecule has 1 aliphatic carbocycles. The third-order valence-electron chi connectivity index (χ3n) is 6.71. The van der Waals surface area contributed by atoms with Crippen LogP contribution in [0.4, 0.5) is 15.8 Å². The van der Waals surface area contributed by atoms with Gasteiger partial charge in [-0.2, -0.15) is 0 Å². The van der Waals surface area contributed by atoms with Gasteiger partial charge in [-0.25, -0.2) is 9.37 Å². The van der Waals surface area contributed by atoms with Gasteiger partial charge in [-0.15, -0.1) is 11.8 Å². The smallest absolute Gasteiger partial charge is 0.234 e. The average molecular weight is 510 g/mol. The van der Waals surface area contributed by atoms with Crippen LogP contribution < -0.4 is 20.7 Å². The molecular formula is C26H28FN5O3S. The molecule has 3 aromatic rings. The average Bonchev–Trinajstić information content (AvgIpc) is 2.89. The van der Waals surface area contributed by atoms with Crippen LogP contribution in [-0.2, 0) is 16.1 Å². The molecule has 3 N–H and O–H groups in total. The van der Waals surface area contributed by atoms with E-state index in [4.69, 9.17) is 4.74 Å². The van der Waals surface area contributed by atoms with Crippen LogP contribution in [0.5, 0.6) is 5.88 Å². The first-order chi connectivity index (χ1) is 17.5. The maximum atomic E-state index is 14.5. The van der Waals surface area contributed by atoms with Crippen LogP contribution in [0.25, 0.3) is 11.0 Å². The zero-order valence-electron chi connectivity index (χ0n) is 20.0. The monoisotopic (exact) mass is 509 g/mol. The van der Waals surface area contributed by atoms with Crippen molar-refractivity contribution in [2.75, 3.05) is 30.0 Å². The fraction of sp³-hybridized carbons (Fsp3) is 0.385. The van der Waals surface area contributed by atoms with Crippen molar-refractivity contribution in [1.82, 2.24) is 15.3 Å². The molecule has 8 nitrogen and oxygen atoms in total. The van der Waals surface area contributed by atoms with Crippen molar-refractivity contribution in [2.45, 2.75) is 37.1 Å². The molecule has 2 aromatic heterocycles. The van der Waals surface area contributed by atoms with E-state index in [1.54, 1.807) is 31.5 Å². The summed E-state index contributed by atoms with van der Waals surface area (Å²) < 4.78 is 19.8. The van der Waals surface area contributed by atoms with Crippen LogP contribution >= 0.6 is 11.8 Å². The predicted molar refractivity (Wildman–Crippen MR) is 138 cm³/mol. The second kappa shape index (κ2) is 10.8. The standard InChI is InChI=1S/C26H28FN5O3S/c1-35-24-6-5-19-25(32-24)20(7-8-29-19)31-26(34)16-4-2-3-15(9-16)12-28-13-17-10-21-22(11-18(17)27)36-14-23(33)30-21/h5-8,10-11,15-16,28H,2-4,9,12-14H2,1H3,(H,30,33)(H,29,31,34). The predicted octanol–water partition coefficient (Wildman–Crippen LogP) is 4.36. The maximum absolute atomic E-state index is 14.5. The lowest BCUT2D eigenvalue weighted by atomic mass is 9.81. The second-order valence-corrected chi connectivity index (χ2v) is 10.2. The number of halogens is 1. The molecule has 1 saturated carbocycles. The fourth-order valence-electron chi connectivity index (χ4n) is 4.86. The molecule has 0 spiro atoms. The number of nitrogens with zero attached hydrogens (tertiary/aromatic N) is 2. The van der Waals surface area contributed by atoms with Crippen molar-refractivity contribution in [3.63, 3.8) is 0 Å². The van der Waals surface area contributed by atoms with Crippen LogP contribution in [0.3, 0.4) is 0 Å². The molecule has 2 amide bonds. The maximum Gasteiger partial charge on any atom is 0.234 e. The highest BCUT2D eigenvalue weighted by molar-refractivity contribution is 8.00. The first kappa shape index (κ1) is 24.5. The zero-order chi connectivity index (χ0) is 25.1. The van der Waals surface area contributed by atoms with E-state index < -0.39 is 0 Å². The highest BCUT2D eigenvalue weighted by Crippen LogP contribution is 2.34. The molecule has 1 fully saturated rings. The Labute approximate surface area is 212 Å². The van der Waals surface area contributed by atoms with Crippen LogP contribution in [0.1, 0.15) is 31.2 Å². The number of ether oxygens (including phenoxy) is 1. The minimum atomic E-state index is -0.277. The summed E-state index contributed by atoms with van der Waals surface area (Å²) in [5, 5.41) is 9.21. The molecule has 2 atom stereocenters. The molecule has 0 saturated heterocycles. The zero-order valence-corrected chi connectivity index (χ0v) is 20.8. The summed E-state index contributed by atoms with van der Waals surface area (Å²) in [6.45, 7) is 1.06. The number of hydrogen-bond acceptors (Lipinski definition) is 7. The number of benzene rings is 1. The van der Waals surface area contributed by atoms with Gasteiger partial charge in [-0.1, -0.05) is 6.42 Å². The van der Waals surface area contributed by atoms with Crippen molar-refractivity contribution in [2.24, 2.45) is 11.8 Å². The van der Waals surface area contributed by atoms with Crippen molar-refractivity contribution in [3.8, 4) is 5.88 Å². The SMILES string of the molecule is COc1ccc2nccc(NC(=O)C3CCCC(CNCc4cc5c(cc4F)SCC(=O)N5)C3)c2n1. The van der Waals surface area contributed by atoms with Gasteiger partial charge in [0.05, 0.1) is 29.8 Å². The van der Waals surface area contributed by atoms with Gasteiger partial charge in [0.25, 0.3) is 0 Å². The first-order valence-corrected chi connectivity index (χ1v) is 13.0. The topological polar surface area (TPSA) is 105 Å². The Morgan fingerprint density at radius 3 is 3.03 bits per heavy atom. The van der Waals surface area contributed by atoms with E-state index in [9.17, 15) is 14.0 Å². The number of amides is 2. The summed E-state index contributed by atoms with van der Waals surface area (Å²) >= 11 is 1.35. The fourth-order valence-corrected chi connectivity index (χ4v) is 5.68. The molecule has 5 rings (SSSR count). The third-order valence-corrected chi connectivity index (χ3v) is 7.76. The van der Waals surface area contributed by atoms with E-state index in [0.29, 0.717) is 58.6 Å². The number of rotatable bonds is 7. The lowest BCUT2D eigenvalue weighted by Gasteiger charge is -2.28. The number of fused-ring (bicyclic) bond motifs is 2. The summed E-state index contributed by atoms with van der Waals surface area (Å²) in [5.41, 5.74) is 3.10.